The summed E-state index contributed by atoms with van der Waals surface area (Å²) >= 11 is 11.5. The molecule has 0 spiro atoms. The van der Waals surface area contributed by atoms with E-state index in [9.17, 15) is 5.11 Å². The highest BCUT2D eigenvalue weighted by Crippen LogP contribution is 2.36. The summed E-state index contributed by atoms with van der Waals surface area (Å²) in [7, 11) is 0. The predicted molar refractivity (Wildman–Crippen MR) is 89.6 cm³/mol. The van der Waals surface area contributed by atoms with Crippen molar-refractivity contribution in [1.29, 1.82) is 0 Å². The number of phenols is 2. The number of rotatable bonds is 2. The van der Waals surface area contributed by atoms with Crippen LogP contribution in [-0.2, 0) is 5.41 Å². The largest absolute Gasteiger partial charge is 0.506 e. The van der Waals surface area contributed by atoms with Gasteiger partial charge in [-0.1, -0.05) is 68.2 Å². The van der Waals surface area contributed by atoms with Crippen molar-refractivity contribution in [2.45, 2.75) is 32.6 Å². The minimum atomic E-state index is 0.0236. The van der Waals surface area contributed by atoms with Crippen LogP contribution < -0.4 is 0 Å². The Morgan fingerprint density at radius 2 is 1.48 bits per heavy atom. The molecule has 2 rings (SSSR count). The van der Waals surface area contributed by atoms with Crippen LogP contribution in [-0.4, -0.2) is 10.2 Å². The van der Waals surface area contributed by atoms with Crippen molar-refractivity contribution in [3.8, 4) is 11.5 Å². The van der Waals surface area contributed by atoms with Crippen LogP contribution >= 0.6 is 23.2 Å². The van der Waals surface area contributed by atoms with Gasteiger partial charge < -0.3 is 10.2 Å². The van der Waals surface area contributed by atoms with E-state index >= 15 is 0 Å². The van der Waals surface area contributed by atoms with Crippen LogP contribution in [0.25, 0.3) is 0 Å². The molecule has 2 N–H and O–H groups in total. The SMILES string of the molecule is CCC(C)(C)c1cccc(O)c1Cl.Oc1ccccc1Cl. The third kappa shape index (κ3) is 4.83. The fourth-order valence-electron chi connectivity index (χ4n) is 1.68. The van der Waals surface area contributed by atoms with Crippen molar-refractivity contribution < 1.29 is 10.2 Å². The fraction of sp³-hybridized carbons (Fsp3) is 0.294. The van der Waals surface area contributed by atoms with E-state index in [0.29, 0.717) is 10.0 Å². The molecule has 0 bridgehead atoms. The van der Waals surface area contributed by atoms with E-state index in [4.69, 9.17) is 28.3 Å². The van der Waals surface area contributed by atoms with Gasteiger partial charge in [-0.3, -0.25) is 0 Å². The first-order valence-electron chi connectivity index (χ1n) is 6.71. The Kier molecular flexibility index (Phi) is 6.38. The van der Waals surface area contributed by atoms with Crippen molar-refractivity contribution in [3.63, 3.8) is 0 Å². The van der Waals surface area contributed by atoms with Gasteiger partial charge >= 0.3 is 0 Å². The lowest BCUT2D eigenvalue weighted by Crippen LogP contribution is -2.15. The summed E-state index contributed by atoms with van der Waals surface area (Å²) in [6.07, 6.45) is 0.996. The molecule has 0 aliphatic heterocycles. The second-order valence-electron chi connectivity index (χ2n) is 5.33. The minimum absolute atomic E-state index is 0.0236. The zero-order chi connectivity index (χ0) is 16.0. The molecule has 0 unspecified atom stereocenters. The second kappa shape index (κ2) is 7.58. The van der Waals surface area contributed by atoms with Gasteiger partial charge in [-0.2, -0.15) is 0 Å². The summed E-state index contributed by atoms with van der Waals surface area (Å²) in [5.74, 6) is 0.301. The Balaban J connectivity index is 0.000000235. The summed E-state index contributed by atoms with van der Waals surface area (Å²) in [5, 5.41) is 19.1. The van der Waals surface area contributed by atoms with E-state index < -0.39 is 0 Å². The van der Waals surface area contributed by atoms with Gasteiger partial charge in [0.2, 0.25) is 0 Å². The quantitative estimate of drug-likeness (QED) is 0.734. The van der Waals surface area contributed by atoms with Gasteiger partial charge in [0.15, 0.2) is 0 Å². The van der Waals surface area contributed by atoms with Crippen molar-refractivity contribution in [1.82, 2.24) is 0 Å². The van der Waals surface area contributed by atoms with Gasteiger partial charge in [-0.05, 0) is 35.6 Å². The molecule has 0 amide bonds. The Morgan fingerprint density at radius 3 is 1.95 bits per heavy atom. The number of hydrogen-bond acceptors (Lipinski definition) is 2. The molecule has 114 valence electrons. The lowest BCUT2D eigenvalue weighted by Gasteiger charge is -2.24. The number of phenolic OH excluding ortho intramolecular Hbond substituents is 2. The molecule has 0 fully saturated rings. The van der Waals surface area contributed by atoms with Crippen LogP contribution in [0.5, 0.6) is 11.5 Å². The van der Waals surface area contributed by atoms with Crippen molar-refractivity contribution in [2.75, 3.05) is 0 Å². The summed E-state index contributed by atoms with van der Waals surface area (Å²) < 4.78 is 0. The van der Waals surface area contributed by atoms with Crippen molar-refractivity contribution in [3.05, 3.63) is 58.1 Å². The number of hydrogen-bond donors (Lipinski definition) is 2. The highest BCUT2D eigenvalue weighted by Gasteiger charge is 2.22. The zero-order valence-corrected chi connectivity index (χ0v) is 13.9. The monoisotopic (exact) mass is 326 g/mol. The molecule has 0 aromatic heterocycles. The van der Waals surface area contributed by atoms with E-state index in [1.54, 1.807) is 30.3 Å². The highest BCUT2D eigenvalue weighted by molar-refractivity contribution is 6.33. The molecule has 0 saturated heterocycles. The Morgan fingerprint density at radius 1 is 0.905 bits per heavy atom. The highest BCUT2D eigenvalue weighted by atomic mass is 35.5. The standard InChI is InChI=1S/C11H15ClO.C6H5ClO/c1-4-11(2,3)8-6-5-7-9(13)10(8)12;7-5-3-1-2-4-6(5)8/h5-7,13H,4H2,1-3H3;1-4,8H. The van der Waals surface area contributed by atoms with E-state index in [0.717, 1.165) is 12.0 Å². The summed E-state index contributed by atoms with van der Waals surface area (Å²) in [4.78, 5) is 0. The molecule has 21 heavy (non-hydrogen) atoms. The average molecular weight is 327 g/mol. The van der Waals surface area contributed by atoms with Gasteiger partial charge in [0.05, 0.1) is 10.0 Å². The van der Waals surface area contributed by atoms with Crippen LogP contribution in [0.4, 0.5) is 0 Å². The number of benzene rings is 2. The molecule has 2 aromatic rings. The average Bonchev–Trinajstić information content (AvgIpc) is 2.45. The van der Waals surface area contributed by atoms with Crippen molar-refractivity contribution in [2.24, 2.45) is 0 Å². The summed E-state index contributed by atoms with van der Waals surface area (Å²) in [6, 6.07) is 12.1. The van der Waals surface area contributed by atoms with E-state index in [-0.39, 0.29) is 16.9 Å². The topological polar surface area (TPSA) is 40.5 Å². The first-order chi connectivity index (χ1) is 9.79. The molecule has 0 aliphatic rings. The summed E-state index contributed by atoms with van der Waals surface area (Å²) in [6.45, 7) is 6.35. The fourth-order valence-corrected chi connectivity index (χ4v) is 2.20. The van der Waals surface area contributed by atoms with Crippen molar-refractivity contribution >= 4 is 23.2 Å². The van der Waals surface area contributed by atoms with Gasteiger partial charge in [-0.25, -0.2) is 0 Å². The Hall–Kier alpha value is -1.38. The molecule has 4 heteroatoms. The molecule has 2 aromatic carbocycles. The van der Waals surface area contributed by atoms with Gasteiger partial charge in [0.1, 0.15) is 11.5 Å². The van der Waals surface area contributed by atoms with Gasteiger partial charge in [0, 0.05) is 0 Å². The minimum Gasteiger partial charge on any atom is -0.506 e. The number of para-hydroxylation sites is 1. The van der Waals surface area contributed by atoms with E-state index in [2.05, 4.69) is 20.8 Å². The number of aromatic hydroxyl groups is 2. The first-order valence-corrected chi connectivity index (χ1v) is 7.46. The maximum atomic E-state index is 9.43. The smallest absolute Gasteiger partial charge is 0.134 e. The molecule has 0 saturated carbocycles. The van der Waals surface area contributed by atoms with Gasteiger partial charge in [-0.15, -0.1) is 0 Å². The molecule has 2 nitrogen and oxygen atoms in total. The van der Waals surface area contributed by atoms with Crippen LogP contribution in [0.1, 0.15) is 32.8 Å². The maximum absolute atomic E-state index is 9.43. The third-order valence-electron chi connectivity index (χ3n) is 3.44. The Bertz CT molecular complexity index is 574. The normalized spacial score (nSPS) is 10.7. The van der Waals surface area contributed by atoms with E-state index in [1.807, 2.05) is 12.1 Å². The third-order valence-corrected chi connectivity index (χ3v) is 4.16. The second-order valence-corrected chi connectivity index (χ2v) is 6.11. The Labute approximate surface area is 136 Å². The molecule has 0 aliphatic carbocycles. The first kappa shape index (κ1) is 17.7. The molecule has 0 radical (unpaired) electrons. The molecule has 0 heterocycles. The summed E-state index contributed by atoms with van der Waals surface area (Å²) in [5.41, 5.74) is 1.03. The van der Waals surface area contributed by atoms with Gasteiger partial charge in [0.25, 0.3) is 0 Å². The maximum Gasteiger partial charge on any atom is 0.134 e. The molecular weight excluding hydrogens is 307 g/mol. The zero-order valence-electron chi connectivity index (χ0n) is 12.4. The predicted octanol–water partition coefficient (Wildman–Crippen LogP) is 5.78. The van der Waals surface area contributed by atoms with Crippen LogP contribution in [0.3, 0.4) is 0 Å². The molecule has 0 atom stereocenters. The van der Waals surface area contributed by atoms with Crippen LogP contribution in [0.15, 0.2) is 42.5 Å². The number of halogens is 2. The van der Waals surface area contributed by atoms with Crippen LogP contribution in [0, 0.1) is 0 Å². The van der Waals surface area contributed by atoms with E-state index in [1.165, 1.54) is 0 Å². The lowest BCUT2D eigenvalue weighted by molar-refractivity contribution is 0.465. The van der Waals surface area contributed by atoms with Crippen LogP contribution in [0.2, 0.25) is 10.0 Å². The lowest BCUT2D eigenvalue weighted by atomic mass is 9.82. The molecular formula is C17H20Cl2O2.